The molecule has 0 bridgehead atoms. The molecule has 2 rings (SSSR count). The Morgan fingerprint density at radius 3 is 2.70 bits per heavy atom. The number of carbonyl (C=O) groups excluding carboxylic acids is 1. The molecule has 0 amide bonds. The first-order chi connectivity index (χ1) is 9.51. The van der Waals surface area contributed by atoms with E-state index in [1.54, 1.807) is 18.2 Å². The van der Waals surface area contributed by atoms with Crippen molar-refractivity contribution in [3.63, 3.8) is 0 Å². The van der Waals surface area contributed by atoms with Crippen LogP contribution in [0.5, 0.6) is 0 Å². The first-order valence-corrected chi connectivity index (χ1v) is 6.40. The number of halogens is 1. The third kappa shape index (κ3) is 3.03. The van der Waals surface area contributed by atoms with Gasteiger partial charge >= 0.3 is 5.97 Å². The van der Waals surface area contributed by atoms with E-state index >= 15 is 0 Å². The molecule has 3 N–H and O–H groups in total. The fourth-order valence-electron chi connectivity index (χ4n) is 1.81. The Labute approximate surface area is 122 Å². The summed E-state index contributed by atoms with van der Waals surface area (Å²) in [5.74, 6) is -0.464. The number of methoxy groups -OCH3 is 1. The third-order valence-corrected chi connectivity index (χ3v) is 3.17. The second-order valence-corrected chi connectivity index (χ2v) is 4.81. The summed E-state index contributed by atoms with van der Waals surface area (Å²) in [6, 6.07) is 10.7. The van der Waals surface area contributed by atoms with E-state index in [-0.39, 0.29) is 0 Å². The van der Waals surface area contributed by atoms with Crippen molar-refractivity contribution in [3.8, 4) is 0 Å². The van der Waals surface area contributed by atoms with Gasteiger partial charge < -0.3 is 15.8 Å². The minimum Gasteiger partial charge on any atom is -0.465 e. The molecule has 0 atom stereocenters. The third-order valence-electron chi connectivity index (χ3n) is 2.94. The lowest BCUT2D eigenvalue weighted by atomic mass is 10.1. The number of hydrogen-bond donors (Lipinski definition) is 2. The minimum absolute atomic E-state index is 0.331. The number of hydrogen-bond acceptors (Lipinski definition) is 4. The normalized spacial score (nSPS) is 10.2. The van der Waals surface area contributed by atoms with E-state index in [1.807, 2.05) is 25.1 Å². The first kappa shape index (κ1) is 14.2. The Bertz CT molecular complexity index is 656. The molecule has 0 fully saturated rings. The maximum atomic E-state index is 11.6. The zero-order valence-electron chi connectivity index (χ0n) is 11.2. The largest absolute Gasteiger partial charge is 0.465 e. The molecule has 0 saturated carbocycles. The Balaban J connectivity index is 2.34. The predicted octanol–water partition coefficient (Wildman–Crippen LogP) is 3.76. The van der Waals surface area contributed by atoms with Crippen molar-refractivity contribution >= 4 is 34.6 Å². The molecule has 4 nitrogen and oxygen atoms in total. The van der Waals surface area contributed by atoms with E-state index in [9.17, 15) is 4.79 Å². The van der Waals surface area contributed by atoms with Crippen LogP contribution in [0.15, 0.2) is 36.4 Å². The molecule has 2 aromatic rings. The average Bonchev–Trinajstić information content (AvgIpc) is 2.44. The SMILES string of the molecule is COC(=O)c1cc(Nc2cc(Cl)ccc2C)ccc1N. The van der Waals surface area contributed by atoms with E-state index in [0.29, 0.717) is 16.3 Å². The highest BCUT2D eigenvalue weighted by molar-refractivity contribution is 6.30. The number of anilines is 3. The van der Waals surface area contributed by atoms with Crippen LogP contribution in [0.2, 0.25) is 5.02 Å². The van der Waals surface area contributed by atoms with Crippen molar-refractivity contribution < 1.29 is 9.53 Å². The summed E-state index contributed by atoms with van der Waals surface area (Å²) < 4.78 is 4.70. The van der Waals surface area contributed by atoms with Crippen molar-refractivity contribution in [2.45, 2.75) is 6.92 Å². The van der Waals surface area contributed by atoms with Crippen LogP contribution in [0.4, 0.5) is 17.1 Å². The lowest BCUT2D eigenvalue weighted by Crippen LogP contribution is -2.06. The van der Waals surface area contributed by atoms with Gasteiger partial charge in [0, 0.05) is 22.1 Å². The second-order valence-electron chi connectivity index (χ2n) is 4.38. The number of nitrogens with one attached hydrogen (secondary N) is 1. The van der Waals surface area contributed by atoms with Crippen LogP contribution >= 0.6 is 11.6 Å². The van der Waals surface area contributed by atoms with E-state index in [4.69, 9.17) is 22.1 Å². The number of aryl methyl sites for hydroxylation is 1. The van der Waals surface area contributed by atoms with Gasteiger partial charge in [0.25, 0.3) is 0 Å². The maximum Gasteiger partial charge on any atom is 0.340 e. The maximum absolute atomic E-state index is 11.6. The summed E-state index contributed by atoms with van der Waals surface area (Å²) in [6.45, 7) is 1.97. The highest BCUT2D eigenvalue weighted by Crippen LogP contribution is 2.26. The highest BCUT2D eigenvalue weighted by Gasteiger charge is 2.11. The monoisotopic (exact) mass is 290 g/mol. The smallest absolute Gasteiger partial charge is 0.340 e. The molecule has 0 heterocycles. The highest BCUT2D eigenvalue weighted by atomic mass is 35.5. The van der Waals surface area contributed by atoms with E-state index in [2.05, 4.69) is 5.32 Å². The lowest BCUT2D eigenvalue weighted by Gasteiger charge is -2.12. The van der Waals surface area contributed by atoms with Crippen LogP contribution in [0, 0.1) is 6.92 Å². The lowest BCUT2D eigenvalue weighted by molar-refractivity contribution is 0.0602. The topological polar surface area (TPSA) is 64.3 Å². The van der Waals surface area contributed by atoms with Gasteiger partial charge in [-0.1, -0.05) is 17.7 Å². The summed E-state index contributed by atoms with van der Waals surface area (Å²) in [5, 5.41) is 3.85. The van der Waals surface area contributed by atoms with Gasteiger partial charge in [0.15, 0.2) is 0 Å². The molecule has 2 aromatic carbocycles. The summed E-state index contributed by atoms with van der Waals surface area (Å²) >= 11 is 5.98. The quantitative estimate of drug-likeness (QED) is 0.667. The van der Waals surface area contributed by atoms with Gasteiger partial charge in [0.2, 0.25) is 0 Å². The molecular weight excluding hydrogens is 276 g/mol. The van der Waals surface area contributed by atoms with Gasteiger partial charge in [0.1, 0.15) is 0 Å². The molecule has 0 spiro atoms. The molecule has 20 heavy (non-hydrogen) atoms. The van der Waals surface area contributed by atoms with Crippen LogP contribution in [-0.4, -0.2) is 13.1 Å². The molecular formula is C15H15ClN2O2. The molecule has 0 aliphatic carbocycles. The predicted molar refractivity (Wildman–Crippen MR) is 81.7 cm³/mol. The number of benzene rings is 2. The molecule has 0 saturated heterocycles. The summed E-state index contributed by atoms with van der Waals surface area (Å²) in [6.07, 6.45) is 0. The number of carbonyl (C=O) groups is 1. The van der Waals surface area contributed by atoms with Crippen LogP contribution < -0.4 is 11.1 Å². The van der Waals surface area contributed by atoms with Gasteiger partial charge in [-0.15, -0.1) is 0 Å². The van der Waals surface area contributed by atoms with Gasteiger partial charge in [0.05, 0.1) is 12.7 Å². The summed E-state index contributed by atoms with van der Waals surface area (Å²) in [7, 11) is 1.32. The van der Waals surface area contributed by atoms with Crippen LogP contribution in [0.1, 0.15) is 15.9 Å². The Morgan fingerprint density at radius 1 is 1.25 bits per heavy atom. The molecule has 104 valence electrons. The van der Waals surface area contributed by atoms with Crippen molar-refractivity contribution in [2.75, 3.05) is 18.2 Å². The average molecular weight is 291 g/mol. The second kappa shape index (κ2) is 5.84. The zero-order valence-corrected chi connectivity index (χ0v) is 12.0. The fourth-order valence-corrected chi connectivity index (χ4v) is 1.98. The minimum atomic E-state index is -0.464. The van der Waals surface area contributed by atoms with Gasteiger partial charge in [-0.2, -0.15) is 0 Å². The number of rotatable bonds is 3. The molecule has 0 unspecified atom stereocenters. The van der Waals surface area contributed by atoms with Gasteiger partial charge in [-0.05, 0) is 42.8 Å². The molecule has 0 aliphatic heterocycles. The van der Waals surface area contributed by atoms with Crippen molar-refractivity contribution in [1.29, 1.82) is 0 Å². The fraction of sp³-hybridized carbons (Fsp3) is 0.133. The molecule has 5 heteroatoms. The van der Waals surface area contributed by atoms with Crippen molar-refractivity contribution in [1.82, 2.24) is 0 Å². The Kier molecular flexibility index (Phi) is 4.15. The van der Waals surface area contributed by atoms with E-state index in [1.165, 1.54) is 7.11 Å². The van der Waals surface area contributed by atoms with Crippen LogP contribution in [0.3, 0.4) is 0 Å². The van der Waals surface area contributed by atoms with Crippen LogP contribution in [-0.2, 0) is 4.74 Å². The standard InChI is InChI=1S/C15H15ClN2O2/c1-9-3-4-10(16)7-14(9)18-11-5-6-13(17)12(8-11)15(19)20-2/h3-8,18H,17H2,1-2H3. The van der Waals surface area contributed by atoms with Crippen molar-refractivity contribution in [2.24, 2.45) is 0 Å². The van der Waals surface area contributed by atoms with Gasteiger partial charge in [-0.3, -0.25) is 0 Å². The number of nitrogens with two attached hydrogens (primary N) is 1. The molecule has 0 aliphatic rings. The summed E-state index contributed by atoms with van der Waals surface area (Å²) in [4.78, 5) is 11.6. The van der Waals surface area contributed by atoms with E-state index < -0.39 is 5.97 Å². The van der Waals surface area contributed by atoms with Crippen LogP contribution in [0.25, 0.3) is 0 Å². The number of ether oxygens (including phenoxy) is 1. The molecule has 0 aromatic heterocycles. The van der Waals surface area contributed by atoms with Gasteiger partial charge in [-0.25, -0.2) is 4.79 Å². The number of nitrogen functional groups attached to an aromatic ring is 1. The van der Waals surface area contributed by atoms with E-state index in [0.717, 1.165) is 16.9 Å². The Hall–Kier alpha value is -2.20. The van der Waals surface area contributed by atoms with Crippen molar-refractivity contribution in [3.05, 3.63) is 52.5 Å². The summed E-state index contributed by atoms with van der Waals surface area (Å²) in [5.41, 5.74) is 9.14. The Morgan fingerprint density at radius 2 is 2.00 bits per heavy atom. The first-order valence-electron chi connectivity index (χ1n) is 6.02. The molecule has 0 radical (unpaired) electrons. The zero-order chi connectivity index (χ0) is 14.7. The number of esters is 1.